The van der Waals surface area contributed by atoms with Crippen molar-refractivity contribution in [2.45, 2.75) is 297 Å². The summed E-state index contributed by atoms with van der Waals surface area (Å²) in [7, 11) is 0. The highest BCUT2D eigenvalue weighted by Crippen LogP contribution is 2.15. The Labute approximate surface area is 463 Å². The first kappa shape index (κ1) is 71.1. The molecule has 428 valence electrons. The topological polar surface area (TPSA) is 78.9 Å². The van der Waals surface area contributed by atoms with Crippen molar-refractivity contribution in [1.29, 1.82) is 0 Å². The monoisotopic (exact) mass is 1040 g/mol. The van der Waals surface area contributed by atoms with Gasteiger partial charge in [0, 0.05) is 19.3 Å². The van der Waals surface area contributed by atoms with Gasteiger partial charge in [-0.1, -0.05) is 259 Å². The molecule has 0 aliphatic carbocycles. The zero-order valence-corrected chi connectivity index (χ0v) is 49.0. The predicted octanol–water partition coefficient (Wildman–Crippen LogP) is 21.4. The molecule has 0 spiro atoms. The summed E-state index contributed by atoms with van der Waals surface area (Å²) < 4.78 is 16.9. The fraction of sp³-hybridized carbons (Fsp3) is 0.696. The van der Waals surface area contributed by atoms with Crippen LogP contribution in [0, 0.1) is 0 Å². The van der Waals surface area contributed by atoms with Crippen molar-refractivity contribution in [1.82, 2.24) is 0 Å². The number of allylic oxidation sites excluding steroid dienone is 18. The Morgan fingerprint density at radius 3 is 0.813 bits per heavy atom. The highest BCUT2D eigenvalue weighted by atomic mass is 16.6. The van der Waals surface area contributed by atoms with Gasteiger partial charge in [-0.25, -0.2) is 0 Å². The normalized spacial score (nSPS) is 12.8. The number of unbranched alkanes of at least 4 members (excludes halogenated alkanes) is 27. The standard InChI is InChI=1S/C69H116O6/c1-4-7-10-13-16-19-22-25-28-30-32-33-34-35-37-38-41-44-47-50-53-56-59-62-68(71)74-65-66(64-73-67(70)61-58-55-52-49-46-43-40-27-24-21-18-15-12-9-6-3)75-69(72)63-60-57-54-51-48-45-42-39-36-31-29-26-23-20-17-14-11-8-5-2/h8-9,11-12,17-18,20-22,25-27,29-30,32,36,39-40,66H,4-7,10,13-16,19,23-24,28,31,33-35,37-38,41-65H2,1-3H3/b11-8-,12-9-,20-17-,21-18-,25-22-,29-26-,32-30-,39-36-,40-27-. The molecule has 0 aromatic rings. The summed E-state index contributed by atoms with van der Waals surface area (Å²) in [6.07, 6.45) is 85.1. The van der Waals surface area contributed by atoms with Crippen LogP contribution in [0.25, 0.3) is 0 Å². The minimum atomic E-state index is -0.797. The zero-order chi connectivity index (χ0) is 54.3. The number of esters is 3. The van der Waals surface area contributed by atoms with Crippen LogP contribution in [0.5, 0.6) is 0 Å². The summed E-state index contributed by atoms with van der Waals surface area (Å²) >= 11 is 0. The average molecular weight is 1040 g/mol. The third-order valence-corrected chi connectivity index (χ3v) is 13.2. The van der Waals surface area contributed by atoms with Crippen LogP contribution in [0.3, 0.4) is 0 Å². The second-order valence-corrected chi connectivity index (χ2v) is 20.5. The summed E-state index contributed by atoms with van der Waals surface area (Å²) in [5.74, 6) is -0.919. The Balaban J connectivity index is 4.40. The molecule has 0 bridgehead atoms. The molecule has 6 nitrogen and oxygen atoms in total. The molecule has 0 fully saturated rings. The highest BCUT2D eigenvalue weighted by Gasteiger charge is 2.19. The van der Waals surface area contributed by atoms with E-state index in [4.69, 9.17) is 14.2 Å². The Morgan fingerprint density at radius 1 is 0.280 bits per heavy atom. The van der Waals surface area contributed by atoms with Crippen molar-refractivity contribution in [3.05, 3.63) is 109 Å². The fourth-order valence-electron chi connectivity index (χ4n) is 8.60. The molecule has 0 saturated heterocycles. The largest absolute Gasteiger partial charge is 0.462 e. The lowest BCUT2D eigenvalue weighted by molar-refractivity contribution is -0.167. The molecule has 6 heteroatoms. The van der Waals surface area contributed by atoms with Crippen molar-refractivity contribution < 1.29 is 28.6 Å². The second kappa shape index (κ2) is 62.6. The molecule has 0 aromatic carbocycles. The molecule has 75 heavy (non-hydrogen) atoms. The highest BCUT2D eigenvalue weighted by molar-refractivity contribution is 5.71. The van der Waals surface area contributed by atoms with Crippen LogP contribution in [0.4, 0.5) is 0 Å². The Kier molecular flexibility index (Phi) is 59.3. The van der Waals surface area contributed by atoms with E-state index >= 15 is 0 Å². The summed E-state index contributed by atoms with van der Waals surface area (Å²) in [5.41, 5.74) is 0. The first-order valence-electron chi connectivity index (χ1n) is 31.4. The molecular formula is C69H116O6. The second-order valence-electron chi connectivity index (χ2n) is 20.5. The SMILES string of the molecule is CC/C=C\C/C=C\C/C=C\C/C=C\CCCCCCCCC(=O)OC(COC(=O)CCCCCCC/C=C\C/C=C\C/C=C\CC)COC(=O)CCCCCCCCCCCCC/C=C\C/C=C\CCCCCCC. The first-order valence-corrected chi connectivity index (χ1v) is 31.4. The quantitative estimate of drug-likeness (QED) is 0.0261. The lowest BCUT2D eigenvalue weighted by Crippen LogP contribution is -2.30. The van der Waals surface area contributed by atoms with Crippen LogP contribution in [0.2, 0.25) is 0 Å². The molecule has 0 aliphatic heterocycles. The van der Waals surface area contributed by atoms with E-state index in [-0.39, 0.29) is 31.1 Å². The van der Waals surface area contributed by atoms with Gasteiger partial charge in [-0.2, -0.15) is 0 Å². The number of rotatable bonds is 56. The third kappa shape index (κ3) is 60.8. The summed E-state index contributed by atoms with van der Waals surface area (Å²) in [5, 5.41) is 0. The minimum Gasteiger partial charge on any atom is -0.462 e. The van der Waals surface area contributed by atoms with Gasteiger partial charge in [-0.05, 0) is 122 Å². The lowest BCUT2D eigenvalue weighted by Gasteiger charge is -2.18. The van der Waals surface area contributed by atoms with E-state index in [0.717, 1.165) is 141 Å². The Morgan fingerprint density at radius 2 is 0.520 bits per heavy atom. The summed E-state index contributed by atoms with van der Waals surface area (Å²) in [6, 6.07) is 0. The van der Waals surface area contributed by atoms with Gasteiger partial charge >= 0.3 is 17.9 Å². The third-order valence-electron chi connectivity index (χ3n) is 13.2. The number of carbonyl (C=O) groups excluding carboxylic acids is 3. The van der Waals surface area contributed by atoms with E-state index in [9.17, 15) is 14.4 Å². The average Bonchev–Trinajstić information content (AvgIpc) is 3.41. The van der Waals surface area contributed by atoms with Gasteiger partial charge in [0.2, 0.25) is 0 Å². The Hall–Kier alpha value is -3.93. The van der Waals surface area contributed by atoms with E-state index in [2.05, 4.69) is 130 Å². The van der Waals surface area contributed by atoms with Crippen LogP contribution < -0.4 is 0 Å². The van der Waals surface area contributed by atoms with Gasteiger partial charge in [-0.15, -0.1) is 0 Å². The van der Waals surface area contributed by atoms with Crippen molar-refractivity contribution in [2.75, 3.05) is 13.2 Å². The van der Waals surface area contributed by atoms with Crippen LogP contribution in [0.1, 0.15) is 290 Å². The zero-order valence-electron chi connectivity index (χ0n) is 49.0. The summed E-state index contributed by atoms with van der Waals surface area (Å²) in [6.45, 7) is 6.40. The maximum atomic E-state index is 12.9. The first-order chi connectivity index (χ1) is 37.0. The van der Waals surface area contributed by atoms with Crippen molar-refractivity contribution in [3.8, 4) is 0 Å². The van der Waals surface area contributed by atoms with E-state index < -0.39 is 6.10 Å². The van der Waals surface area contributed by atoms with Gasteiger partial charge in [0.1, 0.15) is 13.2 Å². The molecule has 0 aliphatic rings. The van der Waals surface area contributed by atoms with Crippen molar-refractivity contribution in [3.63, 3.8) is 0 Å². The van der Waals surface area contributed by atoms with E-state index in [1.165, 1.54) is 109 Å². The molecule has 0 N–H and O–H groups in total. The van der Waals surface area contributed by atoms with Gasteiger partial charge < -0.3 is 14.2 Å². The maximum Gasteiger partial charge on any atom is 0.306 e. The smallest absolute Gasteiger partial charge is 0.306 e. The maximum absolute atomic E-state index is 12.9. The van der Waals surface area contributed by atoms with Gasteiger partial charge in [0.15, 0.2) is 6.10 Å². The van der Waals surface area contributed by atoms with Crippen LogP contribution in [0.15, 0.2) is 109 Å². The number of ether oxygens (including phenoxy) is 3. The van der Waals surface area contributed by atoms with E-state index in [1.54, 1.807) is 0 Å². The molecule has 1 atom stereocenters. The molecule has 0 amide bonds. The van der Waals surface area contributed by atoms with Crippen LogP contribution in [-0.2, 0) is 28.6 Å². The summed E-state index contributed by atoms with van der Waals surface area (Å²) in [4.78, 5) is 38.3. The predicted molar refractivity (Wildman–Crippen MR) is 325 cm³/mol. The van der Waals surface area contributed by atoms with E-state index in [0.29, 0.717) is 19.3 Å². The molecule has 0 heterocycles. The van der Waals surface area contributed by atoms with Crippen LogP contribution >= 0.6 is 0 Å². The van der Waals surface area contributed by atoms with E-state index in [1.807, 2.05) is 0 Å². The van der Waals surface area contributed by atoms with Crippen molar-refractivity contribution >= 4 is 17.9 Å². The minimum absolute atomic E-state index is 0.0914. The van der Waals surface area contributed by atoms with Gasteiger partial charge in [0.25, 0.3) is 0 Å². The molecule has 1 unspecified atom stereocenters. The van der Waals surface area contributed by atoms with Gasteiger partial charge in [0.05, 0.1) is 0 Å². The molecule has 0 radical (unpaired) electrons. The number of carbonyl (C=O) groups is 3. The van der Waals surface area contributed by atoms with Gasteiger partial charge in [-0.3, -0.25) is 14.4 Å². The Bertz CT molecular complexity index is 1520. The van der Waals surface area contributed by atoms with Crippen molar-refractivity contribution in [2.24, 2.45) is 0 Å². The molecule has 0 aromatic heterocycles. The van der Waals surface area contributed by atoms with Crippen LogP contribution in [-0.4, -0.2) is 37.2 Å². The number of hydrogen-bond acceptors (Lipinski definition) is 6. The fourth-order valence-corrected chi connectivity index (χ4v) is 8.60. The molecular weight excluding hydrogens is 925 g/mol. The lowest BCUT2D eigenvalue weighted by atomic mass is 10.0. The number of hydrogen-bond donors (Lipinski definition) is 0. The molecule has 0 saturated carbocycles. The molecule has 0 rings (SSSR count).